The summed E-state index contributed by atoms with van der Waals surface area (Å²) in [5.41, 5.74) is 2.87. The van der Waals surface area contributed by atoms with Gasteiger partial charge in [-0.2, -0.15) is 0 Å². The van der Waals surface area contributed by atoms with Crippen LogP contribution in [0, 0.1) is 0 Å². The lowest BCUT2D eigenvalue weighted by Crippen LogP contribution is -2.32. The summed E-state index contributed by atoms with van der Waals surface area (Å²) in [5, 5.41) is 2.74. The number of benzene rings is 3. The van der Waals surface area contributed by atoms with E-state index in [1.165, 1.54) is 28.3 Å². The van der Waals surface area contributed by atoms with E-state index in [9.17, 15) is 0 Å². The van der Waals surface area contributed by atoms with E-state index in [4.69, 9.17) is 0 Å². The van der Waals surface area contributed by atoms with Crippen LogP contribution in [0.15, 0.2) is 72.8 Å². The molecule has 0 bridgehead atoms. The van der Waals surface area contributed by atoms with Gasteiger partial charge in [0.2, 0.25) is 0 Å². The zero-order valence-electron chi connectivity index (χ0n) is 15.7. The highest BCUT2D eigenvalue weighted by molar-refractivity contribution is 5.86. The van der Waals surface area contributed by atoms with Crippen molar-refractivity contribution in [2.45, 2.75) is 45.7 Å². The van der Waals surface area contributed by atoms with E-state index in [2.05, 4.69) is 98.5 Å². The van der Waals surface area contributed by atoms with Crippen LogP contribution in [0.1, 0.15) is 44.2 Å². The second-order valence-electron chi connectivity index (χ2n) is 7.31. The molecule has 0 saturated carbocycles. The second-order valence-corrected chi connectivity index (χ2v) is 7.31. The van der Waals surface area contributed by atoms with Crippen molar-refractivity contribution in [2.24, 2.45) is 0 Å². The van der Waals surface area contributed by atoms with Gasteiger partial charge >= 0.3 is 0 Å². The Labute approximate surface area is 152 Å². The van der Waals surface area contributed by atoms with E-state index in [1.807, 2.05) is 0 Å². The van der Waals surface area contributed by atoms with Crippen molar-refractivity contribution in [2.75, 3.05) is 6.54 Å². The van der Waals surface area contributed by atoms with Crippen LogP contribution >= 0.6 is 0 Å². The number of hydrogen-bond donors (Lipinski definition) is 0. The minimum atomic E-state index is 0.555. The van der Waals surface area contributed by atoms with Gasteiger partial charge in [0.25, 0.3) is 0 Å². The van der Waals surface area contributed by atoms with E-state index in [0.717, 1.165) is 13.1 Å². The predicted molar refractivity (Wildman–Crippen MR) is 109 cm³/mol. The van der Waals surface area contributed by atoms with Crippen LogP contribution in [0.4, 0.5) is 0 Å². The van der Waals surface area contributed by atoms with Gasteiger partial charge in [0, 0.05) is 12.6 Å². The molecule has 130 valence electrons. The highest BCUT2D eigenvalue weighted by Crippen LogP contribution is 2.28. The molecule has 25 heavy (non-hydrogen) atoms. The maximum atomic E-state index is 2.58. The summed E-state index contributed by atoms with van der Waals surface area (Å²) in [6.07, 6.45) is 1.18. The molecule has 0 amide bonds. The van der Waals surface area contributed by atoms with E-state index in [1.54, 1.807) is 0 Å². The van der Waals surface area contributed by atoms with Crippen molar-refractivity contribution in [3.63, 3.8) is 0 Å². The molecular formula is C24H29N. The minimum absolute atomic E-state index is 0.555. The molecule has 0 heterocycles. The maximum Gasteiger partial charge on any atom is 0.0236 e. The number of rotatable bonds is 7. The standard InChI is InChI=1S/C24H29N/c1-19(2)25(18-21-10-5-4-6-11-21)17-16-20(3)23-15-9-13-22-12-7-8-14-24(22)23/h4-15,19-20H,16-18H2,1-3H3. The summed E-state index contributed by atoms with van der Waals surface area (Å²) in [6.45, 7) is 9.11. The van der Waals surface area contributed by atoms with Crippen molar-refractivity contribution in [3.05, 3.63) is 83.9 Å². The Morgan fingerprint density at radius 2 is 1.44 bits per heavy atom. The number of hydrogen-bond acceptors (Lipinski definition) is 1. The van der Waals surface area contributed by atoms with Gasteiger partial charge in [-0.1, -0.05) is 79.7 Å². The first-order chi connectivity index (χ1) is 12.1. The molecule has 0 aliphatic rings. The monoisotopic (exact) mass is 331 g/mol. The Hall–Kier alpha value is -2.12. The van der Waals surface area contributed by atoms with E-state index in [-0.39, 0.29) is 0 Å². The first kappa shape index (κ1) is 17.7. The second kappa shape index (κ2) is 8.31. The van der Waals surface area contributed by atoms with Gasteiger partial charge in [-0.25, -0.2) is 0 Å². The van der Waals surface area contributed by atoms with Gasteiger partial charge in [0.05, 0.1) is 0 Å². The van der Waals surface area contributed by atoms with Gasteiger partial charge in [0.1, 0.15) is 0 Å². The van der Waals surface area contributed by atoms with Gasteiger partial charge < -0.3 is 0 Å². The van der Waals surface area contributed by atoms with E-state index in [0.29, 0.717) is 12.0 Å². The van der Waals surface area contributed by atoms with Crippen LogP contribution in [-0.4, -0.2) is 17.5 Å². The lowest BCUT2D eigenvalue weighted by Gasteiger charge is -2.28. The minimum Gasteiger partial charge on any atom is -0.297 e. The zero-order valence-corrected chi connectivity index (χ0v) is 15.7. The fourth-order valence-electron chi connectivity index (χ4n) is 3.53. The van der Waals surface area contributed by atoms with Crippen LogP contribution < -0.4 is 0 Å². The number of fused-ring (bicyclic) bond motifs is 1. The quantitative estimate of drug-likeness (QED) is 0.495. The molecule has 0 spiro atoms. The molecule has 0 aliphatic heterocycles. The molecular weight excluding hydrogens is 302 g/mol. The fraction of sp³-hybridized carbons (Fsp3) is 0.333. The maximum absolute atomic E-state index is 2.58. The molecule has 1 heteroatoms. The molecule has 3 aromatic rings. The topological polar surface area (TPSA) is 3.24 Å². The molecule has 0 aliphatic carbocycles. The average Bonchev–Trinajstić information content (AvgIpc) is 2.65. The SMILES string of the molecule is CC(CCN(Cc1ccccc1)C(C)C)c1cccc2ccccc12. The summed E-state index contributed by atoms with van der Waals surface area (Å²) in [7, 11) is 0. The summed E-state index contributed by atoms with van der Waals surface area (Å²) >= 11 is 0. The van der Waals surface area contributed by atoms with Crippen LogP contribution in [0.2, 0.25) is 0 Å². The lowest BCUT2D eigenvalue weighted by molar-refractivity contribution is 0.206. The molecule has 1 nitrogen and oxygen atoms in total. The Morgan fingerprint density at radius 1 is 0.760 bits per heavy atom. The molecule has 0 saturated heterocycles. The van der Waals surface area contributed by atoms with Crippen LogP contribution in [0.25, 0.3) is 10.8 Å². The number of nitrogens with zero attached hydrogens (tertiary/aromatic N) is 1. The van der Waals surface area contributed by atoms with Crippen molar-refractivity contribution in [1.29, 1.82) is 0 Å². The Balaban J connectivity index is 1.70. The third-order valence-corrected chi connectivity index (χ3v) is 5.16. The summed E-state index contributed by atoms with van der Waals surface area (Å²) < 4.78 is 0. The van der Waals surface area contributed by atoms with Gasteiger partial charge in [0.15, 0.2) is 0 Å². The molecule has 3 aromatic carbocycles. The van der Waals surface area contributed by atoms with Gasteiger partial charge in [-0.15, -0.1) is 0 Å². The van der Waals surface area contributed by atoms with Gasteiger partial charge in [-0.3, -0.25) is 4.90 Å². The van der Waals surface area contributed by atoms with Gasteiger partial charge in [-0.05, 0) is 54.6 Å². The van der Waals surface area contributed by atoms with Crippen molar-refractivity contribution < 1.29 is 0 Å². The molecule has 0 fully saturated rings. The average molecular weight is 332 g/mol. The van der Waals surface area contributed by atoms with Crippen molar-refractivity contribution in [3.8, 4) is 0 Å². The Bertz CT molecular complexity index is 786. The summed E-state index contributed by atoms with van der Waals surface area (Å²) in [4.78, 5) is 2.58. The lowest BCUT2D eigenvalue weighted by atomic mass is 9.92. The van der Waals surface area contributed by atoms with Crippen LogP contribution in [0.3, 0.4) is 0 Å². The van der Waals surface area contributed by atoms with E-state index >= 15 is 0 Å². The third kappa shape index (κ3) is 4.49. The highest BCUT2D eigenvalue weighted by atomic mass is 15.1. The van der Waals surface area contributed by atoms with Crippen LogP contribution in [-0.2, 0) is 6.54 Å². The molecule has 1 unspecified atom stereocenters. The first-order valence-corrected chi connectivity index (χ1v) is 9.41. The fourth-order valence-corrected chi connectivity index (χ4v) is 3.53. The van der Waals surface area contributed by atoms with Crippen LogP contribution in [0.5, 0.6) is 0 Å². The zero-order chi connectivity index (χ0) is 17.6. The molecule has 0 aromatic heterocycles. The third-order valence-electron chi connectivity index (χ3n) is 5.16. The molecule has 0 N–H and O–H groups in total. The van der Waals surface area contributed by atoms with E-state index < -0.39 is 0 Å². The summed E-state index contributed by atoms with van der Waals surface area (Å²) in [6, 6.07) is 26.8. The highest BCUT2D eigenvalue weighted by Gasteiger charge is 2.14. The normalized spacial score (nSPS) is 12.8. The Morgan fingerprint density at radius 3 is 2.20 bits per heavy atom. The molecule has 1 atom stereocenters. The van der Waals surface area contributed by atoms with Crippen molar-refractivity contribution >= 4 is 10.8 Å². The molecule has 0 radical (unpaired) electrons. The van der Waals surface area contributed by atoms with Crippen molar-refractivity contribution in [1.82, 2.24) is 4.90 Å². The summed E-state index contributed by atoms with van der Waals surface area (Å²) in [5.74, 6) is 0.558. The molecule has 3 rings (SSSR count). The Kier molecular flexibility index (Phi) is 5.88. The smallest absolute Gasteiger partial charge is 0.0236 e. The first-order valence-electron chi connectivity index (χ1n) is 9.41. The predicted octanol–water partition coefficient (Wildman–Crippen LogP) is 6.24. The largest absolute Gasteiger partial charge is 0.297 e.